The lowest BCUT2D eigenvalue weighted by molar-refractivity contribution is -0.384. The van der Waals surface area contributed by atoms with E-state index in [1.165, 1.54) is 37.5 Å². The highest BCUT2D eigenvalue weighted by atomic mass is 16.6. The van der Waals surface area contributed by atoms with E-state index < -0.39 is 10.8 Å². The maximum Gasteiger partial charge on any atom is 0.272 e. The summed E-state index contributed by atoms with van der Waals surface area (Å²) < 4.78 is 0. The Labute approximate surface area is 163 Å². The van der Waals surface area contributed by atoms with Crippen molar-refractivity contribution in [3.63, 3.8) is 0 Å². The molecular formula is C20H26N4O4. The number of carbonyl (C=O) groups is 2. The fourth-order valence-electron chi connectivity index (χ4n) is 6.14. The van der Waals surface area contributed by atoms with E-state index in [0.717, 1.165) is 37.0 Å². The van der Waals surface area contributed by atoms with Crippen molar-refractivity contribution in [1.82, 2.24) is 10.9 Å². The number of rotatable bonds is 5. The second kappa shape index (κ2) is 7.07. The Morgan fingerprint density at radius 2 is 1.71 bits per heavy atom. The first-order valence-corrected chi connectivity index (χ1v) is 9.93. The molecule has 0 aliphatic heterocycles. The molecule has 0 unspecified atom stereocenters. The van der Waals surface area contributed by atoms with Crippen LogP contribution >= 0.6 is 0 Å². The van der Waals surface area contributed by atoms with E-state index in [4.69, 9.17) is 0 Å². The molecule has 0 heterocycles. The number of carbonyl (C=O) groups excluding carboxylic acids is 2. The van der Waals surface area contributed by atoms with Gasteiger partial charge in [-0.05, 0) is 67.8 Å². The van der Waals surface area contributed by atoms with E-state index >= 15 is 0 Å². The van der Waals surface area contributed by atoms with E-state index in [1.807, 2.05) is 0 Å². The normalized spacial score (nSPS) is 30.0. The van der Waals surface area contributed by atoms with Crippen molar-refractivity contribution < 1.29 is 14.5 Å². The number of hydrogen-bond donors (Lipinski definition) is 3. The molecule has 4 saturated carbocycles. The molecule has 28 heavy (non-hydrogen) atoms. The van der Waals surface area contributed by atoms with Crippen molar-refractivity contribution in [2.24, 2.45) is 23.2 Å². The molecule has 4 bridgehead atoms. The van der Waals surface area contributed by atoms with Crippen LogP contribution in [0.4, 0.5) is 11.4 Å². The molecule has 0 atom stereocenters. The third kappa shape index (κ3) is 3.55. The average molecular weight is 386 g/mol. The summed E-state index contributed by atoms with van der Waals surface area (Å²) in [7, 11) is 1.63. The third-order valence-corrected chi connectivity index (χ3v) is 6.74. The molecule has 1 aromatic carbocycles. The predicted octanol–water partition coefficient (Wildman–Crippen LogP) is 3.00. The third-order valence-electron chi connectivity index (χ3n) is 6.74. The molecule has 0 aromatic heterocycles. The van der Waals surface area contributed by atoms with Crippen molar-refractivity contribution in [2.75, 3.05) is 12.4 Å². The predicted molar refractivity (Wildman–Crippen MR) is 103 cm³/mol. The summed E-state index contributed by atoms with van der Waals surface area (Å²) in [6.07, 6.45) is 7.75. The highest BCUT2D eigenvalue weighted by Gasteiger charge is 2.51. The van der Waals surface area contributed by atoms with E-state index in [2.05, 4.69) is 16.2 Å². The van der Waals surface area contributed by atoms with Crippen LogP contribution in [-0.4, -0.2) is 23.8 Å². The number of hydrogen-bond acceptors (Lipinski definition) is 5. The van der Waals surface area contributed by atoms with Gasteiger partial charge in [-0.1, -0.05) is 0 Å². The summed E-state index contributed by atoms with van der Waals surface area (Å²) in [5.41, 5.74) is 5.43. The lowest BCUT2D eigenvalue weighted by Gasteiger charge is -2.56. The van der Waals surface area contributed by atoms with E-state index in [0.29, 0.717) is 12.1 Å². The van der Waals surface area contributed by atoms with Crippen LogP contribution in [0.1, 0.15) is 55.3 Å². The lowest BCUT2D eigenvalue weighted by atomic mass is 9.49. The lowest BCUT2D eigenvalue weighted by Crippen LogP contribution is -2.50. The van der Waals surface area contributed by atoms with Gasteiger partial charge in [0.15, 0.2) is 0 Å². The molecule has 4 aliphatic rings. The Kier molecular flexibility index (Phi) is 4.72. The first kappa shape index (κ1) is 18.7. The highest BCUT2D eigenvalue weighted by molar-refractivity contribution is 6.01. The number of nitrogens with zero attached hydrogens (tertiary/aromatic N) is 1. The van der Waals surface area contributed by atoms with Gasteiger partial charge in [0.2, 0.25) is 5.91 Å². The summed E-state index contributed by atoms with van der Waals surface area (Å²) in [5.74, 6) is 1.52. The smallest absolute Gasteiger partial charge is 0.272 e. The van der Waals surface area contributed by atoms with Gasteiger partial charge in [0, 0.05) is 31.3 Å². The van der Waals surface area contributed by atoms with Crippen LogP contribution < -0.4 is 16.2 Å². The van der Waals surface area contributed by atoms with Crippen molar-refractivity contribution in [3.05, 3.63) is 33.9 Å². The van der Waals surface area contributed by atoms with E-state index in [9.17, 15) is 19.7 Å². The van der Waals surface area contributed by atoms with Crippen molar-refractivity contribution in [3.8, 4) is 0 Å². The molecule has 4 fully saturated rings. The molecule has 0 radical (unpaired) electrons. The number of non-ortho nitro benzene ring substituents is 1. The molecule has 3 N–H and O–H groups in total. The maximum atomic E-state index is 12.5. The number of amides is 2. The quantitative estimate of drug-likeness (QED) is 0.532. The van der Waals surface area contributed by atoms with Crippen molar-refractivity contribution in [2.45, 2.75) is 44.9 Å². The topological polar surface area (TPSA) is 113 Å². The van der Waals surface area contributed by atoms with Gasteiger partial charge in [-0.3, -0.25) is 30.6 Å². The second-order valence-electron chi connectivity index (χ2n) is 8.83. The van der Waals surface area contributed by atoms with E-state index in [-0.39, 0.29) is 22.6 Å². The molecule has 1 aromatic rings. The van der Waals surface area contributed by atoms with Crippen molar-refractivity contribution in [1.29, 1.82) is 0 Å². The number of nitrogens with one attached hydrogen (secondary N) is 3. The zero-order valence-corrected chi connectivity index (χ0v) is 16.0. The minimum Gasteiger partial charge on any atom is -0.387 e. The fourth-order valence-corrected chi connectivity index (χ4v) is 6.14. The van der Waals surface area contributed by atoms with Gasteiger partial charge >= 0.3 is 0 Å². The van der Waals surface area contributed by atoms with Crippen molar-refractivity contribution >= 4 is 23.2 Å². The monoisotopic (exact) mass is 386 g/mol. The number of nitro benzene ring substituents is 1. The van der Waals surface area contributed by atoms with Gasteiger partial charge < -0.3 is 5.32 Å². The van der Waals surface area contributed by atoms with Crippen LogP contribution in [-0.2, 0) is 4.79 Å². The minimum atomic E-state index is -0.577. The molecule has 8 heteroatoms. The number of benzene rings is 1. The van der Waals surface area contributed by atoms with Crippen LogP contribution in [0.5, 0.6) is 0 Å². The number of anilines is 1. The van der Waals surface area contributed by atoms with Crippen LogP contribution in [0.3, 0.4) is 0 Å². The van der Waals surface area contributed by atoms with Crippen LogP contribution in [0.15, 0.2) is 18.2 Å². The molecule has 5 rings (SSSR count). The minimum absolute atomic E-state index is 0.0885. The van der Waals surface area contributed by atoms with Gasteiger partial charge in [0.1, 0.15) is 0 Å². The first-order valence-electron chi connectivity index (χ1n) is 9.93. The summed E-state index contributed by atoms with van der Waals surface area (Å²) in [4.78, 5) is 35.4. The van der Waals surface area contributed by atoms with Gasteiger partial charge in [0.05, 0.1) is 10.5 Å². The molecule has 8 nitrogen and oxygen atoms in total. The first-order chi connectivity index (χ1) is 13.4. The molecule has 150 valence electrons. The summed E-state index contributed by atoms with van der Waals surface area (Å²) in [6, 6.07) is 4.00. The molecular weight excluding hydrogens is 360 g/mol. The maximum absolute atomic E-state index is 12.5. The van der Waals surface area contributed by atoms with Crippen LogP contribution in [0.25, 0.3) is 0 Å². The largest absolute Gasteiger partial charge is 0.387 e. The summed E-state index contributed by atoms with van der Waals surface area (Å²) in [5, 5.41) is 13.8. The molecule has 2 amide bonds. The van der Waals surface area contributed by atoms with Gasteiger partial charge in [-0.25, -0.2) is 0 Å². The number of nitro groups is 1. The number of hydrazine groups is 1. The van der Waals surface area contributed by atoms with Crippen LogP contribution in [0, 0.1) is 33.3 Å². The summed E-state index contributed by atoms with van der Waals surface area (Å²) >= 11 is 0. The SMILES string of the molecule is CNc1ccc([N+](=O)[O-])cc1C(=O)NNC(=O)CC12CC3CC(CC(C3)C1)C2. The molecule has 4 aliphatic carbocycles. The Hall–Kier alpha value is -2.64. The van der Waals surface area contributed by atoms with Gasteiger partial charge in [-0.2, -0.15) is 0 Å². The highest BCUT2D eigenvalue weighted by Crippen LogP contribution is 2.61. The Bertz CT molecular complexity index is 787. The molecule has 0 saturated heterocycles. The van der Waals surface area contributed by atoms with Gasteiger partial charge in [-0.15, -0.1) is 0 Å². The average Bonchev–Trinajstić information content (AvgIpc) is 2.64. The van der Waals surface area contributed by atoms with E-state index in [1.54, 1.807) is 7.05 Å². The summed E-state index contributed by atoms with van der Waals surface area (Å²) in [6.45, 7) is 0. The fraction of sp³-hybridized carbons (Fsp3) is 0.600. The Balaban J connectivity index is 1.38. The zero-order chi connectivity index (χ0) is 19.9. The van der Waals surface area contributed by atoms with Gasteiger partial charge in [0.25, 0.3) is 11.6 Å². The van der Waals surface area contributed by atoms with Crippen LogP contribution in [0.2, 0.25) is 0 Å². The molecule has 0 spiro atoms. The standard InChI is InChI=1S/C20H26N4O4/c1-21-17-3-2-15(24(27)28)7-16(17)19(26)23-22-18(25)11-20-8-12-4-13(9-20)6-14(5-12)10-20/h2-3,7,12-14,21H,4-6,8-11H2,1H3,(H,22,25)(H,23,26). The zero-order valence-electron chi connectivity index (χ0n) is 16.0. The second-order valence-corrected chi connectivity index (χ2v) is 8.83. The Morgan fingerprint density at radius 3 is 2.25 bits per heavy atom. The Morgan fingerprint density at radius 1 is 1.11 bits per heavy atom.